The Kier molecular flexibility index (Phi) is 8.30. The standard InChI is InChI=1S/C15H30N4O2/c1-4-17(5-2)13-15(21)19-11-9-18(10-12-19)14(20)7-6-8-16-3/h16H,4-13H2,1-3H3. The fraction of sp³-hybridized carbons (Fsp3) is 0.867. The minimum atomic E-state index is 0.181. The molecule has 1 N–H and O–H groups in total. The van der Waals surface area contributed by atoms with Gasteiger partial charge in [-0.05, 0) is 33.1 Å². The molecule has 2 amide bonds. The minimum absolute atomic E-state index is 0.181. The zero-order valence-electron chi connectivity index (χ0n) is 13.7. The van der Waals surface area contributed by atoms with Gasteiger partial charge >= 0.3 is 0 Å². The Hall–Kier alpha value is -1.14. The number of carbonyl (C=O) groups is 2. The highest BCUT2D eigenvalue weighted by Crippen LogP contribution is 2.06. The van der Waals surface area contributed by atoms with E-state index < -0.39 is 0 Å². The molecule has 1 fully saturated rings. The van der Waals surface area contributed by atoms with Crippen LogP contribution < -0.4 is 5.32 Å². The predicted molar refractivity (Wildman–Crippen MR) is 84.1 cm³/mol. The van der Waals surface area contributed by atoms with Crippen LogP contribution in [0.15, 0.2) is 0 Å². The second-order valence-electron chi connectivity index (χ2n) is 5.43. The molecule has 0 aromatic heterocycles. The van der Waals surface area contributed by atoms with Gasteiger partial charge in [0.15, 0.2) is 0 Å². The van der Waals surface area contributed by atoms with Crippen LogP contribution in [0.25, 0.3) is 0 Å². The van der Waals surface area contributed by atoms with Crippen LogP contribution in [0.3, 0.4) is 0 Å². The van der Waals surface area contributed by atoms with Crippen molar-refractivity contribution in [3.8, 4) is 0 Å². The molecule has 0 radical (unpaired) electrons. The molecule has 1 aliphatic rings. The first-order chi connectivity index (χ1) is 10.1. The molecule has 122 valence electrons. The molecule has 0 spiro atoms. The van der Waals surface area contributed by atoms with Crippen molar-refractivity contribution in [1.29, 1.82) is 0 Å². The van der Waals surface area contributed by atoms with Crippen molar-refractivity contribution < 1.29 is 9.59 Å². The molecule has 0 atom stereocenters. The van der Waals surface area contributed by atoms with Gasteiger partial charge in [-0.3, -0.25) is 14.5 Å². The number of nitrogens with zero attached hydrogens (tertiary/aromatic N) is 3. The fourth-order valence-electron chi connectivity index (χ4n) is 2.52. The lowest BCUT2D eigenvalue weighted by Gasteiger charge is -2.35. The van der Waals surface area contributed by atoms with Crippen molar-refractivity contribution in [1.82, 2.24) is 20.0 Å². The number of nitrogens with one attached hydrogen (secondary N) is 1. The highest BCUT2D eigenvalue weighted by Gasteiger charge is 2.24. The quantitative estimate of drug-likeness (QED) is 0.641. The maximum atomic E-state index is 12.2. The zero-order valence-corrected chi connectivity index (χ0v) is 13.7. The van der Waals surface area contributed by atoms with Crippen LogP contribution in [0.1, 0.15) is 26.7 Å². The number of hydrogen-bond acceptors (Lipinski definition) is 4. The minimum Gasteiger partial charge on any atom is -0.339 e. The van der Waals surface area contributed by atoms with Crippen molar-refractivity contribution in [3.05, 3.63) is 0 Å². The SMILES string of the molecule is CCN(CC)CC(=O)N1CCN(C(=O)CCCNC)CC1. The van der Waals surface area contributed by atoms with E-state index in [1.807, 2.05) is 16.8 Å². The predicted octanol–water partition coefficient (Wildman–Crippen LogP) is -0.00140. The van der Waals surface area contributed by atoms with Crippen molar-refractivity contribution in [3.63, 3.8) is 0 Å². The maximum absolute atomic E-state index is 12.2. The van der Waals surface area contributed by atoms with Crippen LogP contribution in [-0.4, -0.2) is 85.9 Å². The molecule has 1 aliphatic heterocycles. The number of likely N-dealkylation sites (N-methyl/N-ethyl adjacent to an activating group) is 1. The lowest BCUT2D eigenvalue weighted by Crippen LogP contribution is -2.52. The van der Waals surface area contributed by atoms with E-state index >= 15 is 0 Å². The largest absolute Gasteiger partial charge is 0.339 e. The highest BCUT2D eigenvalue weighted by molar-refractivity contribution is 5.79. The van der Waals surface area contributed by atoms with Crippen LogP contribution in [0, 0.1) is 0 Å². The smallest absolute Gasteiger partial charge is 0.236 e. The Labute approximate surface area is 128 Å². The summed E-state index contributed by atoms with van der Waals surface area (Å²) < 4.78 is 0. The summed E-state index contributed by atoms with van der Waals surface area (Å²) in [5.41, 5.74) is 0. The summed E-state index contributed by atoms with van der Waals surface area (Å²) in [5, 5.41) is 3.05. The van der Waals surface area contributed by atoms with Crippen LogP contribution in [0.4, 0.5) is 0 Å². The molecule has 0 aromatic carbocycles. The van der Waals surface area contributed by atoms with Crippen LogP contribution >= 0.6 is 0 Å². The average molecular weight is 298 g/mol. The number of piperazine rings is 1. The summed E-state index contributed by atoms with van der Waals surface area (Å²) in [6, 6.07) is 0. The molecule has 0 bridgehead atoms. The normalized spacial score (nSPS) is 15.6. The Morgan fingerprint density at radius 1 is 1.00 bits per heavy atom. The van der Waals surface area contributed by atoms with E-state index in [4.69, 9.17) is 0 Å². The molecule has 1 saturated heterocycles. The van der Waals surface area contributed by atoms with Gasteiger partial charge in [-0.15, -0.1) is 0 Å². The molecule has 6 heteroatoms. The third kappa shape index (κ3) is 6.01. The van der Waals surface area contributed by atoms with Crippen molar-refractivity contribution in [2.75, 3.05) is 59.4 Å². The van der Waals surface area contributed by atoms with E-state index in [0.717, 1.165) is 26.1 Å². The van der Waals surface area contributed by atoms with Crippen molar-refractivity contribution in [2.45, 2.75) is 26.7 Å². The van der Waals surface area contributed by atoms with Gasteiger partial charge in [-0.25, -0.2) is 0 Å². The van der Waals surface area contributed by atoms with Gasteiger partial charge in [0.25, 0.3) is 0 Å². The molecule has 21 heavy (non-hydrogen) atoms. The van der Waals surface area contributed by atoms with Gasteiger partial charge in [-0.2, -0.15) is 0 Å². The van der Waals surface area contributed by atoms with Gasteiger partial charge < -0.3 is 15.1 Å². The summed E-state index contributed by atoms with van der Waals surface area (Å²) in [6.07, 6.45) is 1.46. The zero-order chi connectivity index (χ0) is 15.7. The monoisotopic (exact) mass is 298 g/mol. The van der Waals surface area contributed by atoms with E-state index in [-0.39, 0.29) is 11.8 Å². The van der Waals surface area contributed by atoms with Gasteiger partial charge in [0.2, 0.25) is 11.8 Å². The van der Waals surface area contributed by atoms with E-state index in [1.165, 1.54) is 0 Å². The Morgan fingerprint density at radius 3 is 2.00 bits per heavy atom. The Balaban J connectivity index is 2.31. The van der Waals surface area contributed by atoms with E-state index in [9.17, 15) is 9.59 Å². The number of rotatable bonds is 8. The summed E-state index contributed by atoms with van der Waals surface area (Å²) in [6.45, 7) is 9.95. The summed E-state index contributed by atoms with van der Waals surface area (Å²) in [4.78, 5) is 30.1. The molecule has 0 aromatic rings. The summed E-state index contributed by atoms with van der Waals surface area (Å²) in [5.74, 6) is 0.391. The average Bonchev–Trinajstić information content (AvgIpc) is 2.52. The second kappa shape index (κ2) is 9.73. The molecule has 1 heterocycles. The molecule has 0 unspecified atom stereocenters. The summed E-state index contributed by atoms with van der Waals surface area (Å²) >= 11 is 0. The molecule has 1 rings (SSSR count). The number of amides is 2. The number of carbonyl (C=O) groups excluding carboxylic acids is 2. The van der Waals surface area contributed by atoms with Gasteiger partial charge in [0.05, 0.1) is 6.54 Å². The Bertz CT molecular complexity index is 324. The van der Waals surface area contributed by atoms with Gasteiger partial charge in [0.1, 0.15) is 0 Å². The van der Waals surface area contributed by atoms with Crippen molar-refractivity contribution in [2.24, 2.45) is 0 Å². The molecule has 0 aliphatic carbocycles. The second-order valence-corrected chi connectivity index (χ2v) is 5.43. The van der Waals surface area contributed by atoms with E-state index in [2.05, 4.69) is 24.1 Å². The first-order valence-electron chi connectivity index (χ1n) is 8.04. The summed E-state index contributed by atoms with van der Waals surface area (Å²) in [7, 11) is 1.89. The van der Waals surface area contributed by atoms with Gasteiger partial charge in [0, 0.05) is 32.6 Å². The molecular weight excluding hydrogens is 268 g/mol. The highest BCUT2D eigenvalue weighted by atomic mass is 16.2. The first kappa shape index (κ1) is 17.9. The maximum Gasteiger partial charge on any atom is 0.236 e. The lowest BCUT2D eigenvalue weighted by atomic mass is 10.2. The third-order valence-electron chi connectivity index (χ3n) is 4.06. The van der Waals surface area contributed by atoms with Crippen LogP contribution in [-0.2, 0) is 9.59 Å². The van der Waals surface area contributed by atoms with Crippen molar-refractivity contribution >= 4 is 11.8 Å². The molecular formula is C15H30N4O2. The molecule has 6 nitrogen and oxygen atoms in total. The van der Waals surface area contributed by atoms with Gasteiger partial charge in [-0.1, -0.05) is 13.8 Å². The first-order valence-corrected chi connectivity index (χ1v) is 8.04. The van der Waals surface area contributed by atoms with Crippen LogP contribution in [0.5, 0.6) is 0 Å². The number of hydrogen-bond donors (Lipinski definition) is 1. The van der Waals surface area contributed by atoms with E-state index in [0.29, 0.717) is 39.1 Å². The topological polar surface area (TPSA) is 55.9 Å². The Morgan fingerprint density at radius 2 is 1.52 bits per heavy atom. The fourth-order valence-corrected chi connectivity index (χ4v) is 2.52. The lowest BCUT2D eigenvalue weighted by molar-refractivity contribution is -0.140. The molecule has 0 saturated carbocycles. The van der Waals surface area contributed by atoms with E-state index in [1.54, 1.807) is 0 Å². The van der Waals surface area contributed by atoms with Crippen LogP contribution in [0.2, 0.25) is 0 Å². The third-order valence-corrected chi connectivity index (χ3v) is 4.06.